The van der Waals surface area contributed by atoms with Crippen molar-refractivity contribution in [3.63, 3.8) is 0 Å². The minimum Gasteiger partial charge on any atom is -0.476 e. The minimum absolute atomic E-state index is 0.0204. The molecule has 8 heteroatoms. The van der Waals surface area contributed by atoms with Crippen LogP contribution >= 0.6 is 22.9 Å². The molecule has 0 bridgehead atoms. The Morgan fingerprint density at radius 1 is 1.55 bits per heavy atom. The second kappa shape index (κ2) is 5.64. The van der Waals surface area contributed by atoms with Crippen molar-refractivity contribution in [1.29, 1.82) is 0 Å². The monoisotopic (exact) mass is 313 g/mol. The fraction of sp³-hybridized carbons (Fsp3) is 0.250. The van der Waals surface area contributed by atoms with Gasteiger partial charge in [-0.15, -0.1) is 11.3 Å². The molecule has 1 atom stereocenters. The van der Waals surface area contributed by atoms with E-state index in [1.165, 1.54) is 16.7 Å². The van der Waals surface area contributed by atoms with Gasteiger partial charge in [0.25, 0.3) is 5.91 Å². The number of aryl methyl sites for hydroxylation is 1. The first kappa shape index (κ1) is 14.5. The molecule has 0 saturated carbocycles. The van der Waals surface area contributed by atoms with Crippen LogP contribution in [-0.4, -0.2) is 26.5 Å². The topological polar surface area (TPSA) is 84.2 Å². The van der Waals surface area contributed by atoms with Crippen LogP contribution in [0.2, 0.25) is 5.02 Å². The Balaban J connectivity index is 2.10. The maximum absolute atomic E-state index is 12.1. The zero-order valence-corrected chi connectivity index (χ0v) is 12.3. The molecule has 0 aromatic carbocycles. The molecule has 0 spiro atoms. The van der Waals surface area contributed by atoms with Crippen LogP contribution in [0.1, 0.15) is 39.0 Å². The largest absolute Gasteiger partial charge is 0.476 e. The first-order valence-electron chi connectivity index (χ1n) is 5.70. The lowest BCUT2D eigenvalue weighted by Crippen LogP contribution is -2.28. The number of aromatic nitrogens is 2. The van der Waals surface area contributed by atoms with Crippen molar-refractivity contribution in [2.75, 3.05) is 0 Å². The van der Waals surface area contributed by atoms with Gasteiger partial charge in [-0.1, -0.05) is 11.6 Å². The highest BCUT2D eigenvalue weighted by molar-refractivity contribution is 7.09. The number of hydrogen-bond acceptors (Lipinski definition) is 4. The molecule has 0 radical (unpaired) electrons. The van der Waals surface area contributed by atoms with Crippen LogP contribution in [0.5, 0.6) is 0 Å². The zero-order valence-electron chi connectivity index (χ0n) is 10.8. The lowest BCUT2D eigenvalue weighted by Gasteiger charge is -2.11. The summed E-state index contributed by atoms with van der Waals surface area (Å²) < 4.78 is 1.62. The third-order valence-corrected chi connectivity index (χ3v) is 3.90. The van der Waals surface area contributed by atoms with E-state index in [9.17, 15) is 9.59 Å². The molecule has 2 N–H and O–H groups in total. The van der Waals surface area contributed by atoms with Gasteiger partial charge in [-0.25, -0.2) is 9.78 Å². The summed E-state index contributed by atoms with van der Waals surface area (Å²) in [5, 5.41) is 14.0. The Bertz CT molecular complexity index is 665. The number of carboxylic acids is 1. The smallest absolute Gasteiger partial charge is 0.355 e. The number of halogens is 1. The van der Waals surface area contributed by atoms with Crippen molar-refractivity contribution in [2.45, 2.75) is 13.0 Å². The number of rotatable bonds is 4. The number of nitrogens with zero attached hydrogens (tertiary/aromatic N) is 2. The van der Waals surface area contributed by atoms with Gasteiger partial charge in [0.2, 0.25) is 0 Å². The Labute approximate surface area is 124 Å². The SMILES string of the molecule is CC(NC(=O)c1cc(Cl)cn1C)c1nc(C(=O)O)cs1. The first-order valence-corrected chi connectivity index (χ1v) is 6.95. The second-order valence-electron chi connectivity index (χ2n) is 4.23. The number of carbonyl (C=O) groups is 2. The van der Waals surface area contributed by atoms with Gasteiger partial charge >= 0.3 is 5.97 Å². The maximum Gasteiger partial charge on any atom is 0.355 e. The van der Waals surface area contributed by atoms with E-state index in [0.717, 1.165) is 0 Å². The average molecular weight is 314 g/mol. The van der Waals surface area contributed by atoms with E-state index in [-0.39, 0.29) is 17.6 Å². The van der Waals surface area contributed by atoms with Crippen molar-refractivity contribution in [3.8, 4) is 0 Å². The average Bonchev–Trinajstić information content (AvgIpc) is 2.95. The van der Waals surface area contributed by atoms with E-state index in [4.69, 9.17) is 16.7 Å². The van der Waals surface area contributed by atoms with Gasteiger partial charge in [-0.2, -0.15) is 0 Å². The molecule has 1 amide bonds. The van der Waals surface area contributed by atoms with Crippen molar-refractivity contribution in [3.05, 3.63) is 39.1 Å². The molecule has 2 rings (SSSR count). The van der Waals surface area contributed by atoms with Gasteiger partial charge in [0.1, 0.15) is 10.7 Å². The van der Waals surface area contributed by atoms with Crippen molar-refractivity contribution < 1.29 is 14.7 Å². The molecule has 2 aromatic rings. The standard InChI is InChI=1S/C12H12ClN3O3S/c1-6(11-15-8(5-20-11)12(18)19)14-10(17)9-3-7(13)4-16(9)2/h3-6H,1-2H3,(H,14,17)(H,18,19). The number of carboxylic acid groups (broad SMARTS) is 1. The summed E-state index contributed by atoms with van der Waals surface area (Å²) in [4.78, 5) is 26.8. The number of amides is 1. The summed E-state index contributed by atoms with van der Waals surface area (Å²) in [5.74, 6) is -1.38. The van der Waals surface area contributed by atoms with Crippen molar-refractivity contribution in [1.82, 2.24) is 14.9 Å². The Morgan fingerprint density at radius 2 is 2.25 bits per heavy atom. The second-order valence-corrected chi connectivity index (χ2v) is 5.55. The molecular formula is C12H12ClN3O3S. The molecule has 2 heterocycles. The van der Waals surface area contributed by atoms with Crippen LogP contribution < -0.4 is 5.32 Å². The van der Waals surface area contributed by atoms with Crippen LogP contribution in [0.3, 0.4) is 0 Å². The number of aromatic carboxylic acids is 1. The molecule has 20 heavy (non-hydrogen) atoms. The van der Waals surface area contributed by atoms with Gasteiger partial charge < -0.3 is 15.0 Å². The van der Waals surface area contributed by atoms with Gasteiger partial charge in [0.05, 0.1) is 11.1 Å². The Morgan fingerprint density at radius 3 is 2.75 bits per heavy atom. The third-order valence-electron chi connectivity index (χ3n) is 2.66. The van der Waals surface area contributed by atoms with Crippen LogP contribution in [0.25, 0.3) is 0 Å². The first-order chi connectivity index (χ1) is 9.38. The van der Waals surface area contributed by atoms with Crippen molar-refractivity contribution in [2.24, 2.45) is 7.05 Å². The summed E-state index contributed by atoms with van der Waals surface area (Å²) >= 11 is 7.02. The molecule has 0 fully saturated rings. The normalized spacial score (nSPS) is 12.2. The molecule has 0 aliphatic heterocycles. The predicted molar refractivity (Wildman–Crippen MR) is 75.4 cm³/mol. The minimum atomic E-state index is -1.08. The van der Waals surface area contributed by atoms with E-state index < -0.39 is 5.97 Å². The molecule has 106 valence electrons. The third kappa shape index (κ3) is 3.00. The van der Waals surface area contributed by atoms with Crippen LogP contribution in [0.15, 0.2) is 17.6 Å². The fourth-order valence-electron chi connectivity index (χ4n) is 1.67. The van der Waals surface area contributed by atoms with E-state index in [0.29, 0.717) is 15.7 Å². The van der Waals surface area contributed by atoms with E-state index in [2.05, 4.69) is 10.3 Å². The molecule has 1 unspecified atom stereocenters. The van der Waals surface area contributed by atoms with Gasteiger partial charge in [-0.3, -0.25) is 4.79 Å². The van der Waals surface area contributed by atoms with Crippen LogP contribution in [-0.2, 0) is 7.05 Å². The highest BCUT2D eigenvalue weighted by Gasteiger charge is 2.18. The summed E-state index contributed by atoms with van der Waals surface area (Å²) in [6.07, 6.45) is 1.63. The van der Waals surface area contributed by atoms with Gasteiger partial charge in [-0.05, 0) is 13.0 Å². The summed E-state index contributed by atoms with van der Waals surface area (Å²) in [6, 6.07) is 1.18. The summed E-state index contributed by atoms with van der Waals surface area (Å²) in [6.45, 7) is 1.74. The highest BCUT2D eigenvalue weighted by Crippen LogP contribution is 2.19. The van der Waals surface area contributed by atoms with Crippen LogP contribution in [0, 0.1) is 0 Å². The number of carbonyl (C=O) groups excluding carboxylic acids is 1. The van der Waals surface area contributed by atoms with Crippen LogP contribution in [0.4, 0.5) is 0 Å². The van der Waals surface area contributed by atoms with E-state index in [1.54, 1.807) is 30.8 Å². The highest BCUT2D eigenvalue weighted by atomic mass is 35.5. The molecule has 0 aliphatic carbocycles. The molecule has 0 aliphatic rings. The number of thiazole rings is 1. The Hall–Kier alpha value is -1.86. The van der Waals surface area contributed by atoms with E-state index in [1.807, 2.05) is 0 Å². The number of hydrogen-bond donors (Lipinski definition) is 2. The summed E-state index contributed by atoms with van der Waals surface area (Å²) in [5.41, 5.74) is 0.407. The molecular weight excluding hydrogens is 302 g/mol. The fourth-order valence-corrected chi connectivity index (χ4v) is 2.72. The maximum atomic E-state index is 12.1. The quantitative estimate of drug-likeness (QED) is 0.907. The van der Waals surface area contributed by atoms with Gasteiger partial charge in [0.15, 0.2) is 5.69 Å². The lowest BCUT2D eigenvalue weighted by atomic mass is 10.3. The van der Waals surface area contributed by atoms with E-state index >= 15 is 0 Å². The van der Waals surface area contributed by atoms with Gasteiger partial charge in [0, 0.05) is 18.6 Å². The van der Waals surface area contributed by atoms with Crippen molar-refractivity contribution >= 4 is 34.8 Å². The molecule has 6 nitrogen and oxygen atoms in total. The number of nitrogens with one attached hydrogen (secondary N) is 1. The lowest BCUT2D eigenvalue weighted by molar-refractivity contribution is 0.0691. The zero-order chi connectivity index (χ0) is 14.9. The molecule has 0 saturated heterocycles. The predicted octanol–water partition coefficient (Wildman–Crippen LogP) is 2.32. The Kier molecular flexibility index (Phi) is 4.10. The summed E-state index contributed by atoms with van der Waals surface area (Å²) in [7, 11) is 1.72. The molecule has 2 aromatic heterocycles.